The van der Waals surface area contributed by atoms with Gasteiger partial charge in [-0.15, -0.1) is 0 Å². The van der Waals surface area contributed by atoms with E-state index in [1.807, 2.05) is 0 Å². The average Bonchev–Trinajstić information content (AvgIpc) is 3.14. The Labute approximate surface area is 126 Å². The summed E-state index contributed by atoms with van der Waals surface area (Å²) in [6.45, 7) is 0.773. The predicted octanol–water partition coefficient (Wildman–Crippen LogP) is 3.40. The summed E-state index contributed by atoms with van der Waals surface area (Å²) in [5.41, 5.74) is 1.49. The van der Waals surface area contributed by atoms with Crippen LogP contribution in [0.25, 0.3) is 11.0 Å². The van der Waals surface area contributed by atoms with Crippen LogP contribution in [0.3, 0.4) is 0 Å². The molecule has 7 heteroatoms. The number of aromatic nitrogens is 2. The van der Waals surface area contributed by atoms with Crippen molar-refractivity contribution in [2.45, 2.75) is 38.2 Å². The summed E-state index contributed by atoms with van der Waals surface area (Å²) in [4.78, 5) is 18.2. The minimum Gasteiger partial charge on any atom is -0.378 e. The van der Waals surface area contributed by atoms with Gasteiger partial charge in [-0.1, -0.05) is 0 Å². The number of halogens is 2. The van der Waals surface area contributed by atoms with E-state index in [2.05, 4.69) is 15.3 Å². The van der Waals surface area contributed by atoms with E-state index in [9.17, 15) is 13.6 Å². The third-order valence-electron chi connectivity index (χ3n) is 3.71. The molecular formula is C15H17F2N3O2. The van der Waals surface area contributed by atoms with Gasteiger partial charge in [-0.3, -0.25) is 4.79 Å². The quantitative estimate of drug-likeness (QED) is 0.889. The van der Waals surface area contributed by atoms with Crippen LogP contribution in [0, 0.1) is 0 Å². The number of alkyl halides is 2. The number of hydrogen-bond donors (Lipinski definition) is 2. The highest BCUT2D eigenvalue weighted by atomic mass is 19.3. The molecule has 1 fully saturated rings. The number of H-pyrrole nitrogens is 1. The number of rotatable bonds is 5. The van der Waals surface area contributed by atoms with E-state index in [1.165, 1.54) is 0 Å². The molecule has 1 amide bonds. The maximum absolute atomic E-state index is 12.6. The molecule has 5 nitrogen and oxygen atoms in total. The van der Waals surface area contributed by atoms with Crippen molar-refractivity contribution in [2.24, 2.45) is 0 Å². The summed E-state index contributed by atoms with van der Waals surface area (Å²) < 4.78 is 30.6. The lowest BCUT2D eigenvalue weighted by molar-refractivity contribution is -0.116. The van der Waals surface area contributed by atoms with Crippen molar-refractivity contribution >= 4 is 22.6 Å². The highest BCUT2D eigenvalue weighted by molar-refractivity contribution is 5.93. The number of imidazole rings is 1. The molecule has 2 heterocycles. The SMILES string of the molecule is O=C(CCC1CCCO1)Nc1ccc2nc(C(F)F)[nH]c2c1. The summed E-state index contributed by atoms with van der Waals surface area (Å²) in [5, 5.41) is 2.77. The first kappa shape index (κ1) is 14.9. The van der Waals surface area contributed by atoms with Gasteiger partial charge in [0.2, 0.25) is 5.91 Å². The molecule has 1 aliphatic rings. The van der Waals surface area contributed by atoms with E-state index in [0.717, 1.165) is 19.4 Å². The Morgan fingerprint density at radius 3 is 3.09 bits per heavy atom. The number of carbonyl (C=O) groups is 1. The zero-order chi connectivity index (χ0) is 15.5. The number of hydrogen-bond acceptors (Lipinski definition) is 3. The van der Waals surface area contributed by atoms with Gasteiger partial charge in [-0.25, -0.2) is 13.8 Å². The molecule has 2 N–H and O–H groups in total. The monoisotopic (exact) mass is 309 g/mol. The lowest BCUT2D eigenvalue weighted by Gasteiger charge is -2.09. The number of fused-ring (bicyclic) bond motifs is 1. The van der Waals surface area contributed by atoms with Crippen molar-refractivity contribution < 1.29 is 18.3 Å². The van der Waals surface area contributed by atoms with Gasteiger partial charge in [-0.05, 0) is 37.5 Å². The number of ether oxygens (including phenoxy) is 1. The molecule has 1 aliphatic heterocycles. The van der Waals surface area contributed by atoms with Gasteiger partial charge in [-0.2, -0.15) is 0 Å². The molecule has 1 aromatic carbocycles. The smallest absolute Gasteiger partial charge is 0.295 e. The molecular weight excluding hydrogens is 292 g/mol. The minimum atomic E-state index is -2.64. The van der Waals surface area contributed by atoms with Gasteiger partial charge in [0.15, 0.2) is 5.82 Å². The lowest BCUT2D eigenvalue weighted by Crippen LogP contribution is -2.15. The van der Waals surface area contributed by atoms with E-state index in [0.29, 0.717) is 29.6 Å². The maximum atomic E-state index is 12.6. The fourth-order valence-corrected chi connectivity index (χ4v) is 2.60. The summed E-state index contributed by atoms with van der Waals surface area (Å²) in [6.07, 6.45) is 0.673. The van der Waals surface area contributed by atoms with Crippen molar-refractivity contribution in [2.75, 3.05) is 11.9 Å². The van der Waals surface area contributed by atoms with Gasteiger partial charge in [0.05, 0.1) is 17.1 Å². The van der Waals surface area contributed by atoms with Gasteiger partial charge in [0, 0.05) is 18.7 Å². The number of carbonyl (C=O) groups excluding carboxylic acids is 1. The van der Waals surface area contributed by atoms with Crippen molar-refractivity contribution in [3.05, 3.63) is 24.0 Å². The van der Waals surface area contributed by atoms with Gasteiger partial charge in [0.1, 0.15) is 0 Å². The zero-order valence-corrected chi connectivity index (χ0v) is 11.9. The number of nitrogens with zero attached hydrogens (tertiary/aromatic N) is 1. The Bertz CT molecular complexity index is 666. The van der Waals surface area contributed by atoms with E-state index in [-0.39, 0.29) is 17.8 Å². The second kappa shape index (κ2) is 6.39. The molecule has 0 aliphatic carbocycles. The van der Waals surface area contributed by atoms with Crippen LogP contribution < -0.4 is 5.32 Å². The second-order valence-corrected chi connectivity index (χ2v) is 5.38. The van der Waals surface area contributed by atoms with Crippen molar-refractivity contribution in [3.63, 3.8) is 0 Å². The Kier molecular flexibility index (Phi) is 4.33. The number of amides is 1. The first-order valence-electron chi connectivity index (χ1n) is 7.31. The van der Waals surface area contributed by atoms with Crippen LogP contribution in [0.2, 0.25) is 0 Å². The topological polar surface area (TPSA) is 67.0 Å². The molecule has 0 spiro atoms. The van der Waals surface area contributed by atoms with Crippen LogP contribution in [0.5, 0.6) is 0 Å². The second-order valence-electron chi connectivity index (χ2n) is 5.38. The Morgan fingerprint density at radius 2 is 2.36 bits per heavy atom. The molecule has 0 radical (unpaired) electrons. The highest BCUT2D eigenvalue weighted by Crippen LogP contribution is 2.23. The minimum absolute atomic E-state index is 0.108. The number of nitrogens with one attached hydrogen (secondary N) is 2. The summed E-state index contributed by atoms with van der Waals surface area (Å²) in [5.74, 6) is -0.472. The Morgan fingerprint density at radius 1 is 1.50 bits per heavy atom. The van der Waals surface area contributed by atoms with Crippen LogP contribution in [-0.4, -0.2) is 28.6 Å². The molecule has 1 unspecified atom stereocenters. The van der Waals surface area contributed by atoms with Gasteiger partial charge >= 0.3 is 0 Å². The molecule has 0 saturated carbocycles. The van der Waals surface area contributed by atoms with E-state index in [1.54, 1.807) is 18.2 Å². The molecule has 3 rings (SSSR count). The van der Waals surface area contributed by atoms with Crippen molar-refractivity contribution in [1.82, 2.24) is 9.97 Å². The molecule has 0 bridgehead atoms. The lowest BCUT2D eigenvalue weighted by atomic mass is 10.1. The fraction of sp³-hybridized carbons (Fsp3) is 0.467. The molecule has 118 valence electrons. The molecule has 22 heavy (non-hydrogen) atoms. The van der Waals surface area contributed by atoms with Crippen LogP contribution in [-0.2, 0) is 9.53 Å². The van der Waals surface area contributed by atoms with Crippen LogP contribution in [0.15, 0.2) is 18.2 Å². The van der Waals surface area contributed by atoms with E-state index >= 15 is 0 Å². The summed E-state index contributed by atoms with van der Waals surface area (Å²) >= 11 is 0. The van der Waals surface area contributed by atoms with Gasteiger partial charge < -0.3 is 15.0 Å². The predicted molar refractivity (Wildman–Crippen MR) is 77.9 cm³/mol. The standard InChI is InChI=1S/C15H17F2N3O2/c16-14(17)15-19-11-5-3-9(8-12(11)20-15)18-13(21)6-4-10-2-1-7-22-10/h3,5,8,10,14H,1-2,4,6-7H2,(H,18,21)(H,19,20). The fourth-order valence-electron chi connectivity index (χ4n) is 2.60. The summed E-state index contributed by atoms with van der Waals surface area (Å²) in [7, 11) is 0. The first-order valence-corrected chi connectivity index (χ1v) is 7.31. The first-order chi connectivity index (χ1) is 10.6. The van der Waals surface area contributed by atoms with Crippen molar-refractivity contribution in [1.29, 1.82) is 0 Å². The maximum Gasteiger partial charge on any atom is 0.295 e. The number of benzene rings is 1. The normalized spacial score (nSPS) is 18.2. The van der Waals surface area contributed by atoms with E-state index in [4.69, 9.17) is 4.74 Å². The van der Waals surface area contributed by atoms with Crippen LogP contribution in [0.4, 0.5) is 14.5 Å². The number of aromatic amines is 1. The Balaban J connectivity index is 1.61. The van der Waals surface area contributed by atoms with Crippen LogP contribution >= 0.6 is 0 Å². The largest absolute Gasteiger partial charge is 0.378 e. The Hall–Kier alpha value is -2.02. The molecule has 2 aromatic rings. The summed E-state index contributed by atoms with van der Waals surface area (Å²) in [6, 6.07) is 4.87. The van der Waals surface area contributed by atoms with E-state index < -0.39 is 6.43 Å². The third-order valence-corrected chi connectivity index (χ3v) is 3.71. The third kappa shape index (κ3) is 3.41. The molecule has 1 saturated heterocycles. The molecule has 1 aromatic heterocycles. The highest BCUT2D eigenvalue weighted by Gasteiger charge is 2.17. The van der Waals surface area contributed by atoms with Crippen LogP contribution in [0.1, 0.15) is 37.9 Å². The average molecular weight is 309 g/mol. The zero-order valence-electron chi connectivity index (χ0n) is 11.9. The van der Waals surface area contributed by atoms with Crippen molar-refractivity contribution in [3.8, 4) is 0 Å². The number of anilines is 1. The molecule has 1 atom stereocenters. The van der Waals surface area contributed by atoms with Gasteiger partial charge in [0.25, 0.3) is 6.43 Å².